The van der Waals surface area contributed by atoms with Gasteiger partial charge in [-0.05, 0) is 25.7 Å². The molecular formula is C12H18N4O3. The first-order valence-corrected chi connectivity index (χ1v) is 6.44. The molecule has 0 aromatic carbocycles. The Morgan fingerprint density at radius 1 is 1.42 bits per heavy atom. The van der Waals surface area contributed by atoms with Gasteiger partial charge >= 0.3 is 5.97 Å². The molecular weight excluding hydrogens is 248 g/mol. The van der Waals surface area contributed by atoms with E-state index in [1.165, 1.54) is 0 Å². The third kappa shape index (κ3) is 2.91. The maximum atomic E-state index is 12.1. The molecule has 1 aromatic rings. The molecule has 0 aliphatic heterocycles. The van der Waals surface area contributed by atoms with Gasteiger partial charge in [0.05, 0.1) is 11.8 Å². The second kappa shape index (κ2) is 5.38. The average Bonchev–Trinajstić information content (AvgIpc) is 2.95. The lowest BCUT2D eigenvalue weighted by molar-refractivity contribution is -0.145. The summed E-state index contributed by atoms with van der Waals surface area (Å²) >= 11 is 0. The van der Waals surface area contributed by atoms with Crippen LogP contribution in [-0.2, 0) is 9.59 Å². The zero-order valence-corrected chi connectivity index (χ0v) is 11.0. The number of amides is 1. The molecule has 2 rings (SSSR count). The molecule has 0 spiro atoms. The normalized spacial score (nSPS) is 26.3. The minimum atomic E-state index is -0.901. The smallest absolute Gasteiger partial charge is 0.307 e. The Labute approximate surface area is 110 Å². The lowest BCUT2D eigenvalue weighted by Crippen LogP contribution is -2.30. The number of nitrogens with one attached hydrogen (secondary N) is 2. The van der Waals surface area contributed by atoms with Gasteiger partial charge in [0.1, 0.15) is 5.82 Å². The van der Waals surface area contributed by atoms with Crippen LogP contribution in [0.1, 0.15) is 32.0 Å². The summed E-state index contributed by atoms with van der Waals surface area (Å²) in [4.78, 5) is 27.3. The lowest BCUT2D eigenvalue weighted by Gasteiger charge is -2.13. The summed E-state index contributed by atoms with van der Waals surface area (Å²) in [6.45, 7) is 3.74. The van der Waals surface area contributed by atoms with E-state index >= 15 is 0 Å². The predicted octanol–water partition coefficient (Wildman–Crippen LogP) is 1.19. The van der Waals surface area contributed by atoms with Crippen molar-refractivity contribution in [3.8, 4) is 0 Å². The minimum absolute atomic E-state index is 0.201. The summed E-state index contributed by atoms with van der Waals surface area (Å²) in [5.41, 5.74) is 0. The van der Waals surface area contributed by atoms with Gasteiger partial charge in [0, 0.05) is 0 Å². The van der Waals surface area contributed by atoms with Gasteiger partial charge in [0.15, 0.2) is 0 Å². The van der Waals surface area contributed by atoms with Crippen LogP contribution >= 0.6 is 0 Å². The van der Waals surface area contributed by atoms with Crippen molar-refractivity contribution in [2.75, 3.05) is 5.32 Å². The first-order valence-electron chi connectivity index (χ1n) is 6.44. The van der Waals surface area contributed by atoms with Crippen LogP contribution in [-0.4, -0.2) is 32.2 Å². The van der Waals surface area contributed by atoms with E-state index < -0.39 is 17.8 Å². The Bertz CT molecular complexity index is 485. The van der Waals surface area contributed by atoms with Crippen LogP contribution in [0.15, 0.2) is 0 Å². The monoisotopic (exact) mass is 266 g/mol. The summed E-state index contributed by atoms with van der Waals surface area (Å²) in [7, 11) is 0. The number of hydrogen-bond acceptors (Lipinski definition) is 4. The van der Waals surface area contributed by atoms with Crippen LogP contribution in [0.5, 0.6) is 0 Å². The molecule has 1 aliphatic rings. The molecule has 1 aliphatic carbocycles. The molecule has 19 heavy (non-hydrogen) atoms. The van der Waals surface area contributed by atoms with Gasteiger partial charge in [-0.25, -0.2) is 0 Å². The van der Waals surface area contributed by atoms with Crippen LogP contribution in [0.2, 0.25) is 0 Å². The molecule has 1 saturated carbocycles. The number of carboxylic acid groups (broad SMARTS) is 1. The quantitative estimate of drug-likeness (QED) is 0.758. The van der Waals surface area contributed by atoms with Crippen molar-refractivity contribution in [2.24, 2.45) is 17.8 Å². The molecule has 7 heteroatoms. The average molecular weight is 266 g/mol. The molecule has 104 valence electrons. The van der Waals surface area contributed by atoms with E-state index in [0.29, 0.717) is 24.6 Å². The lowest BCUT2D eigenvalue weighted by atomic mass is 9.95. The van der Waals surface area contributed by atoms with Gasteiger partial charge < -0.3 is 5.11 Å². The molecule has 1 amide bonds. The fourth-order valence-corrected chi connectivity index (χ4v) is 2.64. The van der Waals surface area contributed by atoms with E-state index in [9.17, 15) is 14.7 Å². The molecule has 0 radical (unpaired) electrons. The van der Waals surface area contributed by atoms with E-state index in [1.54, 1.807) is 6.92 Å². The van der Waals surface area contributed by atoms with Gasteiger partial charge in [-0.2, -0.15) is 4.98 Å². The van der Waals surface area contributed by atoms with Crippen molar-refractivity contribution in [2.45, 2.75) is 33.1 Å². The number of aromatic amines is 1. The number of carbonyl (C=O) groups excluding carboxylic acids is 1. The van der Waals surface area contributed by atoms with E-state index in [0.717, 1.165) is 6.42 Å². The highest BCUT2D eigenvalue weighted by molar-refractivity contribution is 5.94. The largest absolute Gasteiger partial charge is 0.481 e. The van der Waals surface area contributed by atoms with Gasteiger partial charge in [-0.15, -0.1) is 5.10 Å². The van der Waals surface area contributed by atoms with Gasteiger partial charge in [0.2, 0.25) is 11.9 Å². The second-order valence-corrected chi connectivity index (χ2v) is 5.03. The highest BCUT2D eigenvalue weighted by atomic mass is 16.4. The van der Waals surface area contributed by atoms with Gasteiger partial charge in [0.25, 0.3) is 0 Å². The summed E-state index contributed by atoms with van der Waals surface area (Å²) < 4.78 is 0. The maximum absolute atomic E-state index is 12.1. The fraction of sp³-hybridized carbons (Fsp3) is 0.667. The molecule has 3 atom stereocenters. The van der Waals surface area contributed by atoms with Crippen LogP contribution in [0.4, 0.5) is 5.95 Å². The number of hydrogen-bond donors (Lipinski definition) is 3. The number of anilines is 1. The standard InChI is InChI=1S/C12H18N4O3/c1-3-7-4-8(9(5-7)11(18)19)10(17)14-12-13-6(2)15-16-12/h7-9H,3-5H2,1-2H3,(H,18,19)(H2,13,14,15,16,17). The Kier molecular flexibility index (Phi) is 3.82. The Hall–Kier alpha value is -1.92. The third-order valence-corrected chi connectivity index (χ3v) is 3.72. The third-order valence-electron chi connectivity index (χ3n) is 3.72. The first kappa shape index (κ1) is 13.5. The fourth-order valence-electron chi connectivity index (χ4n) is 2.64. The highest BCUT2D eigenvalue weighted by Gasteiger charge is 2.42. The van der Waals surface area contributed by atoms with Gasteiger partial charge in [-0.3, -0.25) is 20.0 Å². The van der Waals surface area contributed by atoms with Crippen molar-refractivity contribution in [3.05, 3.63) is 5.82 Å². The molecule has 1 heterocycles. The van der Waals surface area contributed by atoms with Crippen molar-refractivity contribution in [3.63, 3.8) is 0 Å². The number of aliphatic carboxylic acids is 1. The number of carboxylic acids is 1. The van der Waals surface area contributed by atoms with Crippen LogP contribution < -0.4 is 5.32 Å². The molecule has 0 bridgehead atoms. The van der Waals surface area contributed by atoms with Gasteiger partial charge in [-0.1, -0.05) is 13.3 Å². The summed E-state index contributed by atoms with van der Waals surface area (Å²) in [5.74, 6) is -1.21. The van der Waals surface area contributed by atoms with E-state index in [4.69, 9.17) is 0 Å². The molecule has 0 saturated heterocycles. The van der Waals surface area contributed by atoms with Crippen molar-refractivity contribution in [1.82, 2.24) is 15.2 Å². The Morgan fingerprint density at radius 2 is 2.11 bits per heavy atom. The number of aryl methyl sites for hydroxylation is 1. The van der Waals surface area contributed by atoms with Crippen molar-refractivity contribution >= 4 is 17.8 Å². The summed E-state index contributed by atoms with van der Waals surface area (Å²) in [5, 5.41) is 18.2. The van der Waals surface area contributed by atoms with E-state index in [1.807, 2.05) is 6.92 Å². The number of H-pyrrole nitrogens is 1. The molecule has 7 nitrogen and oxygen atoms in total. The second-order valence-electron chi connectivity index (χ2n) is 5.03. The first-order chi connectivity index (χ1) is 9.01. The van der Waals surface area contributed by atoms with Crippen LogP contribution in [0.25, 0.3) is 0 Å². The van der Waals surface area contributed by atoms with Crippen molar-refractivity contribution in [1.29, 1.82) is 0 Å². The number of rotatable bonds is 4. The SMILES string of the molecule is CCC1CC(C(=O)O)C(C(=O)Nc2n[nH]c(C)n2)C1. The van der Waals surface area contributed by atoms with Crippen LogP contribution in [0, 0.1) is 24.7 Å². The van der Waals surface area contributed by atoms with E-state index in [-0.39, 0.29) is 11.9 Å². The molecule has 3 unspecified atom stereocenters. The summed E-state index contributed by atoms with van der Waals surface area (Å²) in [6.07, 6.45) is 2.08. The summed E-state index contributed by atoms with van der Waals surface area (Å²) in [6, 6.07) is 0. The Morgan fingerprint density at radius 3 is 2.63 bits per heavy atom. The minimum Gasteiger partial charge on any atom is -0.481 e. The zero-order chi connectivity index (χ0) is 14.0. The van der Waals surface area contributed by atoms with E-state index in [2.05, 4.69) is 20.5 Å². The number of nitrogens with zero attached hydrogens (tertiary/aromatic N) is 2. The van der Waals surface area contributed by atoms with Crippen LogP contribution in [0.3, 0.4) is 0 Å². The van der Waals surface area contributed by atoms with Crippen molar-refractivity contribution < 1.29 is 14.7 Å². The Balaban J connectivity index is 2.06. The zero-order valence-electron chi connectivity index (χ0n) is 11.0. The predicted molar refractivity (Wildman–Crippen MR) is 67.4 cm³/mol. The maximum Gasteiger partial charge on any atom is 0.307 e. The topological polar surface area (TPSA) is 108 Å². The molecule has 1 fully saturated rings. The highest BCUT2D eigenvalue weighted by Crippen LogP contribution is 2.38. The number of aromatic nitrogens is 3. The molecule has 3 N–H and O–H groups in total. The molecule has 1 aromatic heterocycles. The number of carbonyl (C=O) groups is 2.